The molecule has 0 bridgehead atoms. The Morgan fingerprint density at radius 2 is 1.71 bits per heavy atom. The zero-order chi connectivity index (χ0) is 24.9. The number of nitrogens with one attached hydrogen (secondary N) is 2. The van der Waals surface area contributed by atoms with Crippen LogP contribution in [0.15, 0.2) is 42.5 Å². The Morgan fingerprint density at radius 1 is 1.12 bits per heavy atom. The third kappa shape index (κ3) is 4.01. The monoisotopic (exact) mass is 507 g/mol. The number of thioether (sulfide) groups is 1. The highest BCUT2D eigenvalue weighted by Gasteiger charge is 2.60. The lowest BCUT2D eigenvalue weighted by atomic mass is 9.91. The largest absolute Gasteiger partial charge is 0.428 e. The zero-order valence-electron chi connectivity index (χ0n) is 17.3. The van der Waals surface area contributed by atoms with Gasteiger partial charge in [0.15, 0.2) is 17.5 Å². The molecule has 1 fully saturated rings. The van der Waals surface area contributed by atoms with Gasteiger partial charge in [-0.05, 0) is 30.0 Å². The Kier molecular flexibility index (Phi) is 6.07. The number of benzene rings is 2. The second-order valence-corrected chi connectivity index (χ2v) is 8.52. The lowest BCUT2D eigenvalue weighted by Gasteiger charge is -2.45. The van der Waals surface area contributed by atoms with Crippen molar-refractivity contribution in [2.75, 3.05) is 18.6 Å². The zero-order valence-corrected chi connectivity index (χ0v) is 18.1. The number of hydrogen-bond acceptors (Lipinski definition) is 5. The molecule has 34 heavy (non-hydrogen) atoms. The molecule has 1 saturated heterocycles. The van der Waals surface area contributed by atoms with E-state index in [4.69, 9.17) is 4.84 Å². The number of hydrogen-bond donors (Lipinski definition) is 2. The van der Waals surface area contributed by atoms with Crippen molar-refractivity contribution in [2.45, 2.75) is 17.6 Å². The van der Waals surface area contributed by atoms with Crippen molar-refractivity contribution in [1.82, 2.24) is 15.9 Å². The summed E-state index contributed by atoms with van der Waals surface area (Å²) < 4.78 is 97.4. The number of hydroxylamine groups is 1. The average Bonchev–Trinajstić information content (AvgIpc) is 3.22. The summed E-state index contributed by atoms with van der Waals surface area (Å²) >= 11 is 1.28. The van der Waals surface area contributed by atoms with E-state index in [1.165, 1.54) is 36.0 Å². The molecule has 13 heteroatoms. The van der Waals surface area contributed by atoms with Crippen LogP contribution in [0.3, 0.4) is 0 Å². The van der Waals surface area contributed by atoms with E-state index in [0.29, 0.717) is 6.08 Å². The Labute approximate surface area is 192 Å². The number of carbonyl (C=O) groups is 1. The van der Waals surface area contributed by atoms with Crippen molar-refractivity contribution in [3.05, 3.63) is 76.6 Å². The van der Waals surface area contributed by atoms with Gasteiger partial charge in [-0.2, -0.15) is 30.4 Å². The molecule has 0 saturated carbocycles. The van der Waals surface area contributed by atoms with Gasteiger partial charge in [-0.3, -0.25) is 20.1 Å². The maximum Gasteiger partial charge on any atom is 0.428 e. The van der Waals surface area contributed by atoms with E-state index in [1.807, 2.05) is 0 Å². The van der Waals surface area contributed by atoms with Crippen LogP contribution in [0.1, 0.15) is 16.7 Å². The van der Waals surface area contributed by atoms with Gasteiger partial charge in [0.05, 0.1) is 18.0 Å². The van der Waals surface area contributed by atoms with Crippen LogP contribution in [-0.2, 0) is 21.0 Å². The van der Waals surface area contributed by atoms with Crippen molar-refractivity contribution in [1.29, 1.82) is 0 Å². The van der Waals surface area contributed by atoms with Crippen molar-refractivity contribution < 1.29 is 40.4 Å². The first-order valence-electron chi connectivity index (χ1n) is 9.66. The molecule has 2 unspecified atom stereocenters. The second kappa shape index (κ2) is 8.47. The standard InChI is InChI=1S/C21H16F7N3O2S/c1-34-9-17(32)31-10-20(25,30-31)12-4-2-11(3-5-12)16-8-19(33-29-16,21(26,27)28)13-6-14(22)18(24)15(23)7-13/h2-8,29-30H,9-10H2,1H3. The Morgan fingerprint density at radius 3 is 2.24 bits per heavy atom. The molecule has 0 radical (unpaired) electrons. The van der Waals surface area contributed by atoms with Crippen LogP contribution in [0.25, 0.3) is 5.70 Å². The maximum absolute atomic E-state index is 15.0. The van der Waals surface area contributed by atoms with E-state index in [2.05, 4.69) is 10.9 Å². The molecule has 1 amide bonds. The lowest BCUT2D eigenvalue weighted by Crippen LogP contribution is -2.69. The fourth-order valence-corrected chi connectivity index (χ4v) is 4.00. The third-order valence-corrected chi connectivity index (χ3v) is 5.95. The minimum Gasteiger partial charge on any atom is -0.272 e. The molecule has 4 rings (SSSR count). The molecule has 2 N–H and O–H groups in total. The smallest absolute Gasteiger partial charge is 0.272 e. The highest BCUT2D eigenvalue weighted by Crippen LogP contribution is 2.47. The van der Waals surface area contributed by atoms with Crippen LogP contribution < -0.4 is 10.9 Å². The summed E-state index contributed by atoms with van der Waals surface area (Å²) in [6, 6.07) is 5.65. The molecule has 2 aliphatic heterocycles. The second-order valence-electron chi connectivity index (χ2n) is 7.65. The van der Waals surface area contributed by atoms with Crippen LogP contribution in [-0.4, -0.2) is 35.6 Å². The van der Waals surface area contributed by atoms with Gasteiger partial charge in [-0.1, -0.05) is 24.3 Å². The highest BCUT2D eigenvalue weighted by atomic mass is 32.2. The molecule has 0 spiro atoms. The minimum atomic E-state index is -5.18. The van der Waals surface area contributed by atoms with Gasteiger partial charge in [-0.15, -0.1) is 0 Å². The van der Waals surface area contributed by atoms with Gasteiger partial charge in [0, 0.05) is 11.1 Å². The van der Waals surface area contributed by atoms with Crippen molar-refractivity contribution in [3.8, 4) is 0 Å². The molecule has 182 valence electrons. The van der Waals surface area contributed by atoms with E-state index in [0.717, 1.165) is 5.01 Å². The van der Waals surface area contributed by atoms with E-state index < -0.39 is 40.6 Å². The van der Waals surface area contributed by atoms with Crippen molar-refractivity contribution >= 4 is 23.4 Å². The molecular weight excluding hydrogens is 491 g/mol. The van der Waals surface area contributed by atoms with Gasteiger partial charge >= 0.3 is 6.18 Å². The molecule has 2 aliphatic rings. The van der Waals surface area contributed by atoms with E-state index >= 15 is 0 Å². The average molecular weight is 507 g/mol. The molecule has 2 heterocycles. The van der Waals surface area contributed by atoms with Crippen molar-refractivity contribution in [2.24, 2.45) is 0 Å². The van der Waals surface area contributed by atoms with Crippen LogP contribution in [0.5, 0.6) is 0 Å². The first-order chi connectivity index (χ1) is 15.9. The lowest BCUT2D eigenvalue weighted by molar-refractivity contribution is -0.269. The summed E-state index contributed by atoms with van der Waals surface area (Å²) in [6.07, 6.45) is -2.89. The Bertz CT molecular complexity index is 1130. The fraction of sp³-hybridized carbons (Fsp3) is 0.286. The summed E-state index contributed by atoms with van der Waals surface area (Å²) in [5.74, 6) is -7.68. The summed E-state index contributed by atoms with van der Waals surface area (Å²) in [5.41, 5.74) is 0.263. The number of amides is 1. The predicted molar refractivity (Wildman–Crippen MR) is 109 cm³/mol. The molecule has 2 aromatic carbocycles. The minimum absolute atomic E-state index is 0.133. The predicted octanol–water partition coefficient (Wildman–Crippen LogP) is 4.27. The topological polar surface area (TPSA) is 53.6 Å². The molecular formula is C21H16F7N3O2S. The molecule has 2 aromatic rings. The first kappa shape index (κ1) is 24.4. The van der Waals surface area contributed by atoms with Crippen molar-refractivity contribution in [3.63, 3.8) is 0 Å². The summed E-state index contributed by atoms with van der Waals surface area (Å²) in [6.45, 7) is -0.241. The SMILES string of the molecule is CSCC(=O)N1CC(F)(c2ccc(C3=CC(c4cc(F)c(F)c(F)c4)(C(F)(F)F)ON3)cc2)N1. The Balaban J connectivity index is 1.61. The fourth-order valence-electron chi connectivity index (χ4n) is 3.59. The third-order valence-electron chi connectivity index (χ3n) is 5.41. The number of carbonyl (C=O) groups excluding carboxylic acids is 1. The Hall–Kier alpha value is -2.77. The summed E-state index contributed by atoms with van der Waals surface area (Å²) in [7, 11) is 0. The molecule has 5 nitrogen and oxygen atoms in total. The van der Waals surface area contributed by atoms with Gasteiger partial charge in [0.2, 0.25) is 17.3 Å². The quantitative estimate of drug-likeness (QED) is 0.360. The molecule has 0 aliphatic carbocycles. The number of hydrazine groups is 1. The van der Waals surface area contributed by atoms with Crippen LogP contribution in [0.4, 0.5) is 30.7 Å². The molecule has 2 atom stereocenters. The van der Waals surface area contributed by atoms with E-state index in [1.54, 1.807) is 6.26 Å². The van der Waals surface area contributed by atoms with Gasteiger partial charge < -0.3 is 0 Å². The van der Waals surface area contributed by atoms with E-state index in [9.17, 15) is 35.5 Å². The van der Waals surface area contributed by atoms with Gasteiger partial charge in [-0.25, -0.2) is 17.6 Å². The first-order valence-corrected chi connectivity index (χ1v) is 11.0. The number of rotatable bonds is 5. The summed E-state index contributed by atoms with van der Waals surface area (Å²) in [5, 5.41) is 1.12. The van der Waals surface area contributed by atoms with Crippen LogP contribution in [0.2, 0.25) is 0 Å². The number of alkyl halides is 4. The van der Waals surface area contributed by atoms with Crippen LogP contribution in [0, 0.1) is 17.5 Å². The number of nitrogens with zero attached hydrogens (tertiary/aromatic N) is 1. The van der Waals surface area contributed by atoms with Crippen LogP contribution >= 0.6 is 11.8 Å². The van der Waals surface area contributed by atoms with E-state index in [-0.39, 0.29) is 47.2 Å². The maximum atomic E-state index is 15.0. The summed E-state index contributed by atoms with van der Waals surface area (Å²) in [4.78, 5) is 16.5. The normalized spacial score (nSPS) is 24.5. The van der Waals surface area contributed by atoms with Gasteiger partial charge in [0.25, 0.3) is 0 Å². The highest BCUT2D eigenvalue weighted by molar-refractivity contribution is 7.99. The molecule has 0 aromatic heterocycles. The van der Waals surface area contributed by atoms with Gasteiger partial charge in [0.1, 0.15) is 0 Å². The number of halogens is 7.